The predicted molar refractivity (Wildman–Crippen MR) is 106 cm³/mol. The number of rotatable bonds is 4. The number of ether oxygens (including phenoxy) is 1. The third-order valence-corrected chi connectivity index (χ3v) is 7.32. The molecule has 1 aliphatic heterocycles. The lowest BCUT2D eigenvalue weighted by atomic mass is 10.1. The number of para-hydroxylation sites is 1. The number of benzene rings is 2. The maximum absolute atomic E-state index is 13.2. The van der Waals surface area contributed by atoms with Gasteiger partial charge in [0.1, 0.15) is 0 Å². The summed E-state index contributed by atoms with van der Waals surface area (Å²) < 4.78 is 33.9. The molecule has 0 aliphatic carbocycles. The molecule has 2 unspecified atom stereocenters. The molecule has 1 aliphatic rings. The van der Waals surface area contributed by atoms with Crippen LogP contribution in [0.5, 0.6) is 0 Å². The number of halogens is 1. The minimum absolute atomic E-state index is 0.0723. The first-order valence-electron chi connectivity index (χ1n) is 8.64. The molecule has 1 saturated heterocycles. The summed E-state index contributed by atoms with van der Waals surface area (Å²) in [6.45, 7) is 1.94. The third-order valence-electron chi connectivity index (χ3n) is 4.91. The lowest BCUT2D eigenvalue weighted by Gasteiger charge is -2.11. The second-order valence-electron chi connectivity index (χ2n) is 6.69. The van der Waals surface area contributed by atoms with E-state index in [1.54, 1.807) is 18.3 Å². The van der Waals surface area contributed by atoms with E-state index in [1.165, 1.54) is 3.97 Å². The Morgan fingerprint density at radius 1 is 1.12 bits per heavy atom. The summed E-state index contributed by atoms with van der Waals surface area (Å²) >= 11 is 3.47. The van der Waals surface area contributed by atoms with Gasteiger partial charge in [-0.15, -0.1) is 0 Å². The van der Waals surface area contributed by atoms with Crippen LogP contribution in [0.1, 0.15) is 30.1 Å². The van der Waals surface area contributed by atoms with E-state index in [4.69, 9.17) is 4.74 Å². The molecule has 1 fully saturated rings. The van der Waals surface area contributed by atoms with Crippen molar-refractivity contribution in [3.05, 3.63) is 65.9 Å². The molecule has 4 nitrogen and oxygen atoms in total. The molecule has 0 saturated carbocycles. The largest absolute Gasteiger partial charge is 0.369 e. The van der Waals surface area contributed by atoms with Crippen LogP contribution in [-0.2, 0) is 14.8 Å². The van der Waals surface area contributed by atoms with Crippen LogP contribution >= 0.6 is 15.9 Å². The highest BCUT2D eigenvalue weighted by Crippen LogP contribution is 2.38. The highest BCUT2D eigenvalue weighted by molar-refractivity contribution is 9.09. The van der Waals surface area contributed by atoms with Crippen molar-refractivity contribution in [3.63, 3.8) is 0 Å². The van der Waals surface area contributed by atoms with Crippen molar-refractivity contribution in [2.24, 2.45) is 0 Å². The molecule has 2 aromatic carbocycles. The van der Waals surface area contributed by atoms with Crippen molar-refractivity contribution in [3.8, 4) is 0 Å². The Labute approximate surface area is 162 Å². The molecule has 3 aromatic rings. The van der Waals surface area contributed by atoms with Gasteiger partial charge in [0.15, 0.2) is 0 Å². The number of hydrogen-bond acceptors (Lipinski definition) is 3. The van der Waals surface area contributed by atoms with Crippen LogP contribution in [0, 0.1) is 6.92 Å². The highest BCUT2D eigenvalue weighted by Gasteiger charge is 2.30. The van der Waals surface area contributed by atoms with Gasteiger partial charge in [0.2, 0.25) is 0 Å². The smallest absolute Gasteiger partial charge is 0.268 e. The van der Waals surface area contributed by atoms with Crippen LogP contribution in [0.3, 0.4) is 0 Å². The van der Waals surface area contributed by atoms with Crippen molar-refractivity contribution >= 4 is 36.9 Å². The minimum atomic E-state index is -3.66. The molecule has 0 amide bonds. The van der Waals surface area contributed by atoms with Crippen LogP contribution in [0.2, 0.25) is 0 Å². The molecular weight excluding hydrogens is 414 g/mol. The summed E-state index contributed by atoms with van der Waals surface area (Å²) in [7, 11) is -3.66. The summed E-state index contributed by atoms with van der Waals surface area (Å²) in [6, 6.07) is 14.6. The Morgan fingerprint density at radius 3 is 2.54 bits per heavy atom. The quantitative estimate of drug-likeness (QED) is 0.555. The molecule has 26 heavy (non-hydrogen) atoms. The first-order chi connectivity index (χ1) is 12.5. The summed E-state index contributed by atoms with van der Waals surface area (Å²) in [5, 5.41) is 1.73. The molecule has 136 valence electrons. The van der Waals surface area contributed by atoms with E-state index in [-0.39, 0.29) is 12.2 Å². The zero-order valence-corrected chi connectivity index (χ0v) is 16.8. The van der Waals surface area contributed by atoms with Crippen LogP contribution in [0.25, 0.3) is 10.9 Å². The van der Waals surface area contributed by atoms with E-state index < -0.39 is 10.0 Å². The fraction of sp³-hybridized carbons (Fsp3) is 0.300. The van der Waals surface area contributed by atoms with Gasteiger partial charge in [0, 0.05) is 22.5 Å². The number of aryl methyl sites for hydroxylation is 1. The molecule has 2 atom stereocenters. The van der Waals surface area contributed by atoms with E-state index in [0.29, 0.717) is 10.4 Å². The first-order valence-corrected chi connectivity index (χ1v) is 11.2. The average molecular weight is 434 g/mol. The average Bonchev–Trinajstić information content (AvgIpc) is 3.26. The van der Waals surface area contributed by atoms with Gasteiger partial charge >= 0.3 is 0 Å². The lowest BCUT2D eigenvalue weighted by Crippen LogP contribution is -2.12. The summed E-state index contributed by atoms with van der Waals surface area (Å²) in [6.07, 6.45) is 3.71. The molecule has 0 radical (unpaired) electrons. The van der Waals surface area contributed by atoms with E-state index in [9.17, 15) is 8.42 Å². The molecule has 1 aromatic heterocycles. The standard InChI is InChI=1S/C20H20BrNO3S/c1-14-6-9-16(10-7-14)26(23,24)22-13-18(17-4-2-3-5-19(17)22)20-11-8-15(12-21)25-20/h2-7,9-10,13,15,20H,8,11-12H2,1H3. The van der Waals surface area contributed by atoms with Gasteiger partial charge in [0.05, 0.1) is 22.6 Å². The minimum Gasteiger partial charge on any atom is -0.369 e. The monoisotopic (exact) mass is 433 g/mol. The number of hydrogen-bond donors (Lipinski definition) is 0. The second kappa shape index (κ2) is 6.83. The molecule has 0 N–H and O–H groups in total. The van der Waals surface area contributed by atoms with Crippen molar-refractivity contribution in [2.75, 3.05) is 5.33 Å². The predicted octanol–water partition coefficient (Wildman–Crippen LogP) is 4.80. The van der Waals surface area contributed by atoms with E-state index in [0.717, 1.165) is 34.7 Å². The summed E-state index contributed by atoms with van der Waals surface area (Å²) in [5.74, 6) is 0. The first kappa shape index (κ1) is 17.8. The summed E-state index contributed by atoms with van der Waals surface area (Å²) in [5.41, 5.74) is 2.66. The number of aromatic nitrogens is 1. The zero-order chi connectivity index (χ0) is 18.3. The van der Waals surface area contributed by atoms with Gasteiger partial charge in [-0.3, -0.25) is 0 Å². The SMILES string of the molecule is Cc1ccc(S(=O)(=O)n2cc(C3CCC(CBr)O3)c3ccccc32)cc1. The van der Waals surface area contributed by atoms with Crippen LogP contribution in [0.15, 0.2) is 59.6 Å². The fourth-order valence-electron chi connectivity index (χ4n) is 3.50. The van der Waals surface area contributed by atoms with Gasteiger partial charge in [-0.1, -0.05) is 51.8 Å². The van der Waals surface area contributed by atoms with E-state index in [1.807, 2.05) is 43.3 Å². The Hall–Kier alpha value is -1.63. The van der Waals surface area contributed by atoms with Gasteiger partial charge in [-0.25, -0.2) is 12.4 Å². The van der Waals surface area contributed by atoms with Gasteiger partial charge < -0.3 is 4.74 Å². The molecule has 0 spiro atoms. The number of nitrogens with zero attached hydrogens (tertiary/aromatic N) is 1. The normalized spacial score (nSPS) is 20.7. The molecule has 4 rings (SSSR count). The Kier molecular flexibility index (Phi) is 4.67. The van der Waals surface area contributed by atoms with Gasteiger partial charge in [0.25, 0.3) is 10.0 Å². The maximum atomic E-state index is 13.2. The maximum Gasteiger partial charge on any atom is 0.268 e. The molecule has 2 heterocycles. The van der Waals surface area contributed by atoms with Crippen LogP contribution in [-0.4, -0.2) is 23.8 Å². The van der Waals surface area contributed by atoms with Gasteiger partial charge in [-0.2, -0.15) is 0 Å². The lowest BCUT2D eigenvalue weighted by molar-refractivity contribution is 0.0597. The highest BCUT2D eigenvalue weighted by atomic mass is 79.9. The molecular formula is C20H20BrNO3S. The Morgan fingerprint density at radius 2 is 1.85 bits per heavy atom. The number of alkyl halides is 1. The topological polar surface area (TPSA) is 48.3 Å². The number of fused-ring (bicyclic) bond motifs is 1. The van der Waals surface area contributed by atoms with Crippen molar-refractivity contribution in [1.29, 1.82) is 0 Å². The third kappa shape index (κ3) is 3.00. The Balaban J connectivity index is 1.85. The molecule has 6 heteroatoms. The van der Waals surface area contributed by atoms with Crippen LogP contribution in [0.4, 0.5) is 0 Å². The van der Waals surface area contributed by atoms with E-state index in [2.05, 4.69) is 15.9 Å². The van der Waals surface area contributed by atoms with E-state index >= 15 is 0 Å². The summed E-state index contributed by atoms with van der Waals surface area (Å²) in [4.78, 5) is 0.293. The van der Waals surface area contributed by atoms with Crippen molar-refractivity contribution in [1.82, 2.24) is 3.97 Å². The van der Waals surface area contributed by atoms with Crippen molar-refractivity contribution < 1.29 is 13.2 Å². The zero-order valence-electron chi connectivity index (χ0n) is 14.4. The van der Waals surface area contributed by atoms with Crippen molar-refractivity contribution in [2.45, 2.75) is 36.9 Å². The Bertz CT molecular complexity index is 1040. The molecule has 0 bridgehead atoms. The van der Waals surface area contributed by atoms with Gasteiger partial charge in [-0.05, 0) is 38.0 Å². The fourth-order valence-corrected chi connectivity index (χ4v) is 5.36. The second-order valence-corrected chi connectivity index (χ2v) is 9.16. The van der Waals surface area contributed by atoms with Crippen LogP contribution < -0.4 is 0 Å².